The van der Waals surface area contributed by atoms with Crippen LogP contribution >= 0.6 is 0 Å². The molecule has 27 heavy (non-hydrogen) atoms. The van der Waals surface area contributed by atoms with Crippen LogP contribution in [0, 0.1) is 0 Å². The Morgan fingerprint density at radius 3 is 2.48 bits per heavy atom. The highest BCUT2D eigenvalue weighted by Crippen LogP contribution is 2.39. The van der Waals surface area contributed by atoms with Gasteiger partial charge in [-0.05, 0) is 36.1 Å². The zero-order valence-electron chi connectivity index (χ0n) is 15.8. The van der Waals surface area contributed by atoms with Crippen molar-refractivity contribution in [3.63, 3.8) is 0 Å². The van der Waals surface area contributed by atoms with Crippen LogP contribution in [0.5, 0.6) is 0 Å². The minimum absolute atomic E-state index is 0.240. The molecule has 0 bridgehead atoms. The number of nitrogens with zero attached hydrogens (tertiary/aromatic N) is 3. The average molecular weight is 365 g/mol. The van der Waals surface area contributed by atoms with Gasteiger partial charge in [0.05, 0.1) is 18.6 Å². The predicted molar refractivity (Wildman–Crippen MR) is 104 cm³/mol. The second kappa shape index (κ2) is 8.19. The number of piperidine rings is 1. The summed E-state index contributed by atoms with van der Waals surface area (Å²) in [6.45, 7) is 2.65. The molecule has 4 rings (SSSR count). The summed E-state index contributed by atoms with van der Waals surface area (Å²) in [5.74, 6) is 0.240. The normalized spacial score (nSPS) is 23.8. The molecular weight excluding hydrogens is 338 g/mol. The summed E-state index contributed by atoms with van der Waals surface area (Å²) in [5.41, 5.74) is 2.36. The first-order valence-corrected chi connectivity index (χ1v) is 9.76. The predicted octanol–water partition coefficient (Wildman–Crippen LogP) is 2.69. The summed E-state index contributed by atoms with van der Waals surface area (Å²) in [7, 11) is 1.79. The maximum Gasteiger partial charge on any atom is 0.226 e. The van der Waals surface area contributed by atoms with Gasteiger partial charge in [-0.25, -0.2) is 0 Å². The largest absolute Gasteiger partial charge is 0.378 e. The van der Waals surface area contributed by atoms with Crippen molar-refractivity contribution in [2.75, 3.05) is 26.7 Å². The van der Waals surface area contributed by atoms with E-state index in [1.165, 1.54) is 5.56 Å². The zero-order valence-corrected chi connectivity index (χ0v) is 15.8. The van der Waals surface area contributed by atoms with Crippen molar-refractivity contribution in [1.29, 1.82) is 0 Å². The molecule has 2 saturated heterocycles. The number of carbonyl (C=O) groups is 1. The SMILES string of the molecule is CO[C@H]1CN(C2CCN(C(=O)Cc3ccccc3)CC2)[C@H]1c1ccncc1. The molecule has 1 aromatic carbocycles. The van der Waals surface area contributed by atoms with Gasteiger partial charge in [-0.15, -0.1) is 0 Å². The number of likely N-dealkylation sites (tertiary alicyclic amines) is 2. The van der Waals surface area contributed by atoms with Crippen LogP contribution in [0.3, 0.4) is 0 Å². The maximum atomic E-state index is 12.6. The van der Waals surface area contributed by atoms with Crippen LogP contribution < -0.4 is 0 Å². The molecule has 2 aliphatic rings. The van der Waals surface area contributed by atoms with Crippen LogP contribution in [0.2, 0.25) is 0 Å². The molecular formula is C22H27N3O2. The first kappa shape index (κ1) is 18.1. The lowest BCUT2D eigenvalue weighted by Crippen LogP contribution is -2.60. The molecule has 2 aliphatic heterocycles. The number of hydrogen-bond acceptors (Lipinski definition) is 4. The first-order chi connectivity index (χ1) is 13.3. The Kier molecular flexibility index (Phi) is 5.50. The molecule has 0 aliphatic carbocycles. The van der Waals surface area contributed by atoms with Gasteiger partial charge >= 0.3 is 0 Å². The molecule has 0 saturated carbocycles. The van der Waals surface area contributed by atoms with E-state index in [2.05, 4.69) is 22.0 Å². The van der Waals surface area contributed by atoms with E-state index in [-0.39, 0.29) is 12.0 Å². The topological polar surface area (TPSA) is 45.7 Å². The Labute approximate surface area is 161 Å². The number of ether oxygens (including phenoxy) is 1. The summed E-state index contributed by atoms with van der Waals surface area (Å²) in [6, 6.07) is 15.0. The second-order valence-electron chi connectivity index (χ2n) is 7.47. The van der Waals surface area contributed by atoms with Gasteiger partial charge in [0.2, 0.25) is 5.91 Å². The third kappa shape index (κ3) is 3.89. The highest BCUT2D eigenvalue weighted by molar-refractivity contribution is 5.78. The molecule has 0 unspecified atom stereocenters. The van der Waals surface area contributed by atoms with E-state index in [1.807, 2.05) is 47.6 Å². The Morgan fingerprint density at radius 1 is 1.11 bits per heavy atom. The fourth-order valence-electron chi connectivity index (χ4n) is 4.37. The molecule has 1 amide bonds. The molecule has 0 N–H and O–H groups in total. The lowest BCUT2D eigenvalue weighted by Gasteiger charge is -2.53. The van der Waals surface area contributed by atoms with Crippen LogP contribution in [0.15, 0.2) is 54.9 Å². The number of rotatable bonds is 5. The first-order valence-electron chi connectivity index (χ1n) is 9.76. The van der Waals surface area contributed by atoms with Crippen LogP contribution in [0.1, 0.15) is 30.0 Å². The number of hydrogen-bond donors (Lipinski definition) is 0. The Bertz CT molecular complexity index is 745. The van der Waals surface area contributed by atoms with E-state index in [9.17, 15) is 4.79 Å². The van der Waals surface area contributed by atoms with Gasteiger partial charge in [-0.2, -0.15) is 0 Å². The van der Waals surface area contributed by atoms with Crippen molar-refractivity contribution in [3.05, 3.63) is 66.0 Å². The van der Waals surface area contributed by atoms with Crippen molar-refractivity contribution in [2.45, 2.75) is 37.5 Å². The standard InChI is InChI=1S/C22H27N3O2/c1-27-20-16-25(22(20)18-7-11-23-12-8-18)19-9-13-24(14-10-19)21(26)15-17-5-3-2-4-6-17/h2-8,11-12,19-20,22H,9-10,13-16H2,1H3/t20-,22-/m0/s1. The van der Waals surface area contributed by atoms with Gasteiger partial charge in [0.15, 0.2) is 0 Å². The van der Waals surface area contributed by atoms with Crippen LogP contribution in [-0.2, 0) is 16.0 Å². The fourth-order valence-corrected chi connectivity index (χ4v) is 4.37. The van der Waals surface area contributed by atoms with Crippen LogP contribution in [0.25, 0.3) is 0 Å². The molecule has 2 atom stereocenters. The molecule has 2 aromatic rings. The van der Waals surface area contributed by atoms with Gasteiger partial charge in [0.1, 0.15) is 0 Å². The number of pyridine rings is 1. The van der Waals surface area contributed by atoms with Crippen LogP contribution in [-0.4, -0.2) is 59.6 Å². The van der Waals surface area contributed by atoms with Crippen molar-refractivity contribution in [2.24, 2.45) is 0 Å². The van der Waals surface area contributed by atoms with E-state index in [0.29, 0.717) is 18.5 Å². The van der Waals surface area contributed by atoms with Gasteiger partial charge in [0.25, 0.3) is 0 Å². The number of methoxy groups -OCH3 is 1. The van der Waals surface area contributed by atoms with Crippen LogP contribution in [0.4, 0.5) is 0 Å². The average Bonchev–Trinajstić information content (AvgIpc) is 2.70. The van der Waals surface area contributed by atoms with Gasteiger partial charge in [0, 0.05) is 45.2 Å². The van der Waals surface area contributed by atoms with Gasteiger partial charge in [-0.1, -0.05) is 30.3 Å². The quantitative estimate of drug-likeness (QED) is 0.817. The Balaban J connectivity index is 1.34. The summed E-state index contributed by atoms with van der Waals surface area (Å²) in [6.07, 6.45) is 6.50. The highest BCUT2D eigenvalue weighted by Gasteiger charge is 2.44. The number of carbonyl (C=O) groups excluding carboxylic acids is 1. The molecule has 1 aromatic heterocycles. The lowest BCUT2D eigenvalue weighted by atomic mass is 9.87. The summed E-state index contributed by atoms with van der Waals surface area (Å²) >= 11 is 0. The molecule has 0 spiro atoms. The molecule has 0 radical (unpaired) electrons. The van der Waals surface area contributed by atoms with Crippen molar-refractivity contribution in [3.8, 4) is 0 Å². The smallest absolute Gasteiger partial charge is 0.226 e. The third-order valence-corrected chi connectivity index (χ3v) is 5.93. The summed E-state index contributed by atoms with van der Waals surface area (Å²) < 4.78 is 5.67. The molecule has 2 fully saturated rings. The second-order valence-corrected chi connectivity index (χ2v) is 7.47. The van der Waals surface area contributed by atoms with E-state index < -0.39 is 0 Å². The molecule has 142 valence electrons. The number of benzene rings is 1. The van der Waals surface area contributed by atoms with Crippen molar-refractivity contribution >= 4 is 5.91 Å². The summed E-state index contributed by atoms with van der Waals surface area (Å²) in [4.78, 5) is 21.3. The molecule has 5 heteroatoms. The van der Waals surface area contributed by atoms with E-state index in [4.69, 9.17) is 4.74 Å². The molecule has 5 nitrogen and oxygen atoms in total. The van der Waals surface area contributed by atoms with Gasteiger partial charge < -0.3 is 9.64 Å². The van der Waals surface area contributed by atoms with E-state index in [0.717, 1.165) is 38.0 Å². The zero-order chi connectivity index (χ0) is 18.6. The Hall–Kier alpha value is -2.24. The fraction of sp³-hybridized carbons (Fsp3) is 0.455. The number of aromatic nitrogens is 1. The Morgan fingerprint density at radius 2 is 1.81 bits per heavy atom. The summed E-state index contributed by atoms with van der Waals surface area (Å²) in [5, 5.41) is 0. The third-order valence-electron chi connectivity index (χ3n) is 5.93. The van der Waals surface area contributed by atoms with E-state index in [1.54, 1.807) is 7.11 Å². The monoisotopic (exact) mass is 365 g/mol. The molecule has 3 heterocycles. The lowest BCUT2D eigenvalue weighted by molar-refractivity contribution is -0.137. The minimum atomic E-state index is 0.240. The van der Waals surface area contributed by atoms with Crippen molar-refractivity contribution in [1.82, 2.24) is 14.8 Å². The highest BCUT2D eigenvalue weighted by atomic mass is 16.5. The number of amides is 1. The van der Waals surface area contributed by atoms with Gasteiger partial charge in [-0.3, -0.25) is 14.7 Å². The van der Waals surface area contributed by atoms with E-state index >= 15 is 0 Å². The van der Waals surface area contributed by atoms with Crippen molar-refractivity contribution < 1.29 is 9.53 Å². The maximum absolute atomic E-state index is 12.6. The minimum Gasteiger partial charge on any atom is -0.378 e.